The summed E-state index contributed by atoms with van der Waals surface area (Å²) in [6.45, 7) is 10.1. The van der Waals surface area contributed by atoms with Crippen molar-refractivity contribution in [2.45, 2.75) is 32.9 Å². The average Bonchev–Trinajstić information content (AvgIpc) is 3.24. The maximum atomic E-state index is 13.2. The van der Waals surface area contributed by atoms with Crippen LogP contribution in [0.25, 0.3) is 5.57 Å². The Morgan fingerprint density at radius 1 is 1.04 bits per heavy atom. The van der Waals surface area contributed by atoms with Crippen LogP contribution in [-0.4, -0.2) is 30.2 Å². The summed E-state index contributed by atoms with van der Waals surface area (Å²) in [5, 5.41) is 2.15. The summed E-state index contributed by atoms with van der Waals surface area (Å²) in [6, 6.07) is 11.5. The van der Waals surface area contributed by atoms with E-state index in [2.05, 4.69) is 18.7 Å². The number of amides is 2. The van der Waals surface area contributed by atoms with Crippen molar-refractivity contribution in [2.75, 3.05) is 22.9 Å². The van der Waals surface area contributed by atoms with Crippen molar-refractivity contribution in [2.24, 2.45) is 0 Å². The van der Waals surface area contributed by atoms with Crippen molar-refractivity contribution < 1.29 is 9.59 Å². The molecule has 0 atom stereocenters. The normalized spacial score (nSPS) is 14.6. The highest BCUT2D eigenvalue weighted by molar-refractivity contribution is 8.04. The van der Waals surface area contributed by atoms with Gasteiger partial charge in [-0.25, -0.2) is 4.90 Å². The molecule has 0 bridgehead atoms. The second-order valence-electron chi connectivity index (χ2n) is 6.48. The number of thioether (sulfide) groups is 1. The molecular weight excluding hydrogens is 376 g/mol. The van der Waals surface area contributed by atoms with Gasteiger partial charge in [0.1, 0.15) is 0 Å². The van der Waals surface area contributed by atoms with Crippen molar-refractivity contribution in [3.05, 3.63) is 51.6 Å². The molecule has 4 nitrogen and oxygen atoms in total. The molecule has 1 aliphatic rings. The Bertz CT molecular complexity index is 851. The number of benzene rings is 1. The fourth-order valence-corrected chi connectivity index (χ4v) is 4.94. The van der Waals surface area contributed by atoms with Gasteiger partial charge in [0.2, 0.25) is 0 Å². The number of thiophene rings is 1. The Morgan fingerprint density at radius 3 is 2.22 bits per heavy atom. The Balaban J connectivity index is 1.97. The number of carbonyl (C=O) groups excluding carboxylic acids is 2. The van der Waals surface area contributed by atoms with Gasteiger partial charge >= 0.3 is 0 Å². The van der Waals surface area contributed by atoms with Gasteiger partial charge in [-0.1, -0.05) is 19.9 Å². The molecule has 0 fully saturated rings. The molecule has 0 aliphatic carbocycles. The van der Waals surface area contributed by atoms with Crippen molar-refractivity contribution >= 4 is 51.9 Å². The largest absolute Gasteiger partial charge is 0.372 e. The minimum Gasteiger partial charge on any atom is -0.372 e. The first kappa shape index (κ1) is 19.7. The first-order valence-corrected chi connectivity index (χ1v) is 10.9. The molecule has 2 amide bonds. The van der Waals surface area contributed by atoms with Crippen LogP contribution in [0.4, 0.5) is 11.4 Å². The van der Waals surface area contributed by atoms with Crippen molar-refractivity contribution in [3.8, 4) is 0 Å². The van der Waals surface area contributed by atoms with E-state index in [1.54, 1.807) is 0 Å². The molecule has 27 heavy (non-hydrogen) atoms. The molecule has 1 aliphatic heterocycles. The van der Waals surface area contributed by atoms with Crippen LogP contribution in [0.2, 0.25) is 0 Å². The van der Waals surface area contributed by atoms with E-state index < -0.39 is 0 Å². The monoisotopic (exact) mass is 400 g/mol. The molecule has 0 unspecified atom stereocenters. The molecule has 0 saturated heterocycles. The second-order valence-corrected chi connectivity index (χ2v) is 9.02. The predicted molar refractivity (Wildman–Crippen MR) is 116 cm³/mol. The molecule has 1 aromatic carbocycles. The summed E-state index contributed by atoms with van der Waals surface area (Å²) in [6.07, 6.45) is 0. The molecule has 2 aromatic rings. The highest BCUT2D eigenvalue weighted by Crippen LogP contribution is 2.41. The Hall–Kier alpha value is -2.05. The van der Waals surface area contributed by atoms with Crippen molar-refractivity contribution in [1.29, 1.82) is 0 Å². The maximum absolute atomic E-state index is 13.2. The molecule has 0 saturated carbocycles. The number of carbonyl (C=O) groups is 2. The Labute approximate surface area is 168 Å². The van der Waals surface area contributed by atoms with Crippen molar-refractivity contribution in [3.63, 3.8) is 0 Å². The number of hydrogen-bond donors (Lipinski definition) is 0. The topological polar surface area (TPSA) is 40.6 Å². The lowest BCUT2D eigenvalue weighted by Gasteiger charge is -2.22. The number of imide groups is 1. The molecule has 142 valence electrons. The first-order valence-electron chi connectivity index (χ1n) is 9.16. The standard InChI is InChI=1S/C21H24N2O2S2/c1-5-22(6-2)15-9-11-16(12-10-15)23-20(24)18(17-8-7-13-26-17)19(21(23)25)27-14(3)4/h7-14H,5-6H2,1-4H3. The summed E-state index contributed by atoms with van der Waals surface area (Å²) in [4.78, 5) is 31.2. The lowest BCUT2D eigenvalue weighted by Crippen LogP contribution is -2.31. The summed E-state index contributed by atoms with van der Waals surface area (Å²) in [7, 11) is 0. The minimum absolute atomic E-state index is 0.219. The highest BCUT2D eigenvalue weighted by atomic mass is 32.2. The van der Waals surface area contributed by atoms with E-state index in [-0.39, 0.29) is 17.1 Å². The molecule has 0 spiro atoms. The number of hydrogen-bond acceptors (Lipinski definition) is 5. The molecule has 6 heteroatoms. The Kier molecular flexibility index (Phi) is 6.07. The van der Waals surface area contributed by atoms with Crippen LogP contribution < -0.4 is 9.80 Å². The summed E-state index contributed by atoms with van der Waals surface area (Å²) < 4.78 is 0. The van der Waals surface area contributed by atoms with E-state index in [0.29, 0.717) is 16.2 Å². The van der Waals surface area contributed by atoms with E-state index >= 15 is 0 Å². The van der Waals surface area contributed by atoms with Crippen LogP contribution in [0.3, 0.4) is 0 Å². The van der Waals surface area contributed by atoms with Gasteiger partial charge in [0.15, 0.2) is 0 Å². The summed E-state index contributed by atoms with van der Waals surface area (Å²) in [5.74, 6) is -0.459. The van der Waals surface area contributed by atoms with E-state index in [9.17, 15) is 9.59 Å². The van der Waals surface area contributed by atoms with Crippen LogP contribution in [0.5, 0.6) is 0 Å². The first-order chi connectivity index (χ1) is 13.0. The van der Waals surface area contributed by atoms with Crippen LogP contribution in [0.15, 0.2) is 46.7 Å². The molecule has 2 heterocycles. The second kappa shape index (κ2) is 8.31. The Morgan fingerprint density at radius 2 is 1.70 bits per heavy atom. The van der Waals surface area contributed by atoms with Gasteiger partial charge in [0, 0.05) is 28.9 Å². The summed E-state index contributed by atoms with van der Waals surface area (Å²) >= 11 is 2.95. The van der Waals surface area contributed by atoms with Crippen LogP contribution in [0, 0.1) is 0 Å². The van der Waals surface area contributed by atoms with E-state index in [1.807, 2.05) is 55.6 Å². The summed E-state index contributed by atoms with van der Waals surface area (Å²) in [5.41, 5.74) is 2.24. The van der Waals surface area contributed by atoms with Gasteiger partial charge in [0.05, 0.1) is 16.2 Å². The van der Waals surface area contributed by atoms with Gasteiger partial charge in [-0.15, -0.1) is 23.1 Å². The maximum Gasteiger partial charge on any atom is 0.272 e. The van der Waals surface area contributed by atoms with Crippen LogP contribution in [-0.2, 0) is 9.59 Å². The smallest absolute Gasteiger partial charge is 0.272 e. The third kappa shape index (κ3) is 3.82. The fraction of sp³-hybridized carbons (Fsp3) is 0.333. The van der Waals surface area contributed by atoms with Gasteiger partial charge in [-0.2, -0.15) is 0 Å². The number of nitrogens with zero attached hydrogens (tertiary/aromatic N) is 2. The average molecular weight is 401 g/mol. The quantitative estimate of drug-likeness (QED) is 0.612. The van der Waals surface area contributed by atoms with Crippen molar-refractivity contribution in [1.82, 2.24) is 0 Å². The molecule has 3 rings (SSSR count). The van der Waals surface area contributed by atoms with E-state index in [4.69, 9.17) is 0 Å². The molecular formula is C21H24N2O2S2. The zero-order valence-corrected chi connectivity index (χ0v) is 17.7. The number of anilines is 2. The lowest BCUT2D eigenvalue weighted by molar-refractivity contribution is -0.119. The fourth-order valence-electron chi connectivity index (χ4n) is 3.13. The minimum atomic E-state index is -0.235. The van der Waals surface area contributed by atoms with Gasteiger partial charge in [-0.3, -0.25) is 9.59 Å². The molecule has 0 N–H and O–H groups in total. The molecule has 0 radical (unpaired) electrons. The third-order valence-corrected chi connectivity index (χ3v) is 6.37. The van der Waals surface area contributed by atoms with Gasteiger partial charge < -0.3 is 4.90 Å². The van der Waals surface area contributed by atoms with Gasteiger partial charge in [-0.05, 0) is 49.6 Å². The zero-order chi connectivity index (χ0) is 19.6. The number of rotatable bonds is 7. The zero-order valence-electron chi connectivity index (χ0n) is 16.1. The highest BCUT2D eigenvalue weighted by Gasteiger charge is 2.40. The lowest BCUT2D eigenvalue weighted by atomic mass is 10.2. The third-order valence-electron chi connectivity index (χ3n) is 4.40. The van der Waals surface area contributed by atoms with E-state index in [1.165, 1.54) is 28.0 Å². The predicted octanol–water partition coefficient (Wildman–Crippen LogP) is 5.02. The van der Waals surface area contributed by atoms with Crippen LogP contribution >= 0.6 is 23.1 Å². The van der Waals surface area contributed by atoms with Gasteiger partial charge in [0.25, 0.3) is 11.8 Å². The SMILES string of the molecule is CCN(CC)c1ccc(N2C(=O)C(SC(C)C)=C(c3cccs3)C2=O)cc1. The van der Waals surface area contributed by atoms with E-state index in [0.717, 1.165) is 23.7 Å². The van der Waals surface area contributed by atoms with Crippen LogP contribution in [0.1, 0.15) is 32.6 Å². The molecule has 1 aromatic heterocycles.